The molecule has 1 atom stereocenters. The van der Waals surface area contributed by atoms with E-state index in [1.54, 1.807) is 0 Å². The van der Waals surface area contributed by atoms with Gasteiger partial charge in [-0.15, -0.1) is 0 Å². The average Bonchev–Trinajstić information content (AvgIpc) is 2.65. The SMILES string of the molecule is CCCOc1ncnc(NC2(C)CCS(=O)(=O)C2)c1N. The predicted octanol–water partition coefficient (Wildman–Crippen LogP) is 0.837. The van der Waals surface area contributed by atoms with E-state index < -0.39 is 15.4 Å². The fourth-order valence-corrected chi connectivity index (χ4v) is 4.28. The number of nitrogen functional groups attached to an aromatic ring is 1. The molecule has 0 radical (unpaired) electrons. The van der Waals surface area contributed by atoms with E-state index in [0.29, 0.717) is 30.4 Å². The van der Waals surface area contributed by atoms with Crippen LogP contribution in [0.2, 0.25) is 0 Å². The summed E-state index contributed by atoms with van der Waals surface area (Å²) in [6.45, 7) is 4.36. The molecule has 20 heavy (non-hydrogen) atoms. The highest BCUT2D eigenvalue weighted by Gasteiger charge is 2.39. The molecule has 0 saturated carbocycles. The van der Waals surface area contributed by atoms with Gasteiger partial charge in [0.15, 0.2) is 15.7 Å². The molecule has 112 valence electrons. The van der Waals surface area contributed by atoms with Crippen LogP contribution in [0.5, 0.6) is 5.88 Å². The standard InChI is InChI=1S/C12H20N4O3S/c1-3-5-19-11-9(13)10(14-8-15-11)16-12(2)4-6-20(17,18)7-12/h8H,3-7,13H2,1-2H3,(H,14,15,16). The third-order valence-electron chi connectivity index (χ3n) is 3.21. The quantitative estimate of drug-likeness (QED) is 0.829. The third-order valence-corrected chi connectivity index (χ3v) is 5.12. The molecule has 0 bridgehead atoms. The monoisotopic (exact) mass is 300 g/mol. The molecule has 2 rings (SSSR count). The molecule has 0 amide bonds. The van der Waals surface area contributed by atoms with Crippen LogP contribution in [0.4, 0.5) is 11.5 Å². The first kappa shape index (κ1) is 14.8. The number of aromatic nitrogens is 2. The van der Waals surface area contributed by atoms with Gasteiger partial charge >= 0.3 is 0 Å². The second-order valence-electron chi connectivity index (χ2n) is 5.32. The van der Waals surface area contributed by atoms with Gasteiger partial charge in [-0.05, 0) is 19.8 Å². The molecule has 0 aromatic carbocycles. The number of anilines is 2. The summed E-state index contributed by atoms with van der Waals surface area (Å²) in [7, 11) is -2.99. The Bertz CT molecular complexity index is 590. The van der Waals surface area contributed by atoms with Crippen molar-refractivity contribution >= 4 is 21.3 Å². The van der Waals surface area contributed by atoms with Crippen LogP contribution in [0.1, 0.15) is 26.7 Å². The van der Waals surface area contributed by atoms with Crippen molar-refractivity contribution in [3.05, 3.63) is 6.33 Å². The Morgan fingerprint density at radius 1 is 1.50 bits per heavy atom. The number of nitrogens with one attached hydrogen (secondary N) is 1. The summed E-state index contributed by atoms with van der Waals surface area (Å²) in [6, 6.07) is 0. The molecule has 7 nitrogen and oxygen atoms in total. The van der Waals surface area contributed by atoms with Crippen LogP contribution in [0.15, 0.2) is 6.33 Å². The molecule has 1 unspecified atom stereocenters. The molecule has 0 spiro atoms. The van der Waals surface area contributed by atoms with Crippen LogP contribution >= 0.6 is 0 Å². The van der Waals surface area contributed by atoms with Gasteiger partial charge in [-0.2, -0.15) is 4.98 Å². The Morgan fingerprint density at radius 2 is 2.25 bits per heavy atom. The summed E-state index contributed by atoms with van der Waals surface area (Å²) in [5.74, 6) is 1.01. The van der Waals surface area contributed by atoms with Crippen molar-refractivity contribution in [2.24, 2.45) is 0 Å². The second kappa shape index (κ2) is 5.43. The van der Waals surface area contributed by atoms with E-state index in [1.807, 2.05) is 13.8 Å². The van der Waals surface area contributed by atoms with Crippen LogP contribution in [0.3, 0.4) is 0 Å². The van der Waals surface area contributed by atoms with Gasteiger partial charge in [-0.3, -0.25) is 0 Å². The van der Waals surface area contributed by atoms with Crippen LogP contribution in [0.25, 0.3) is 0 Å². The highest BCUT2D eigenvalue weighted by Crippen LogP contribution is 2.31. The van der Waals surface area contributed by atoms with E-state index in [2.05, 4.69) is 15.3 Å². The van der Waals surface area contributed by atoms with Crippen molar-refractivity contribution in [1.29, 1.82) is 0 Å². The molecular weight excluding hydrogens is 280 g/mol. The zero-order valence-electron chi connectivity index (χ0n) is 11.7. The highest BCUT2D eigenvalue weighted by molar-refractivity contribution is 7.91. The number of nitrogens with zero attached hydrogens (tertiary/aromatic N) is 2. The first-order valence-electron chi connectivity index (χ1n) is 6.57. The molecular formula is C12H20N4O3S. The van der Waals surface area contributed by atoms with Gasteiger partial charge in [0.2, 0.25) is 5.88 Å². The fraction of sp³-hybridized carbons (Fsp3) is 0.667. The molecule has 1 aliphatic rings. The maximum Gasteiger partial charge on any atom is 0.242 e. The van der Waals surface area contributed by atoms with E-state index in [4.69, 9.17) is 10.5 Å². The third kappa shape index (κ3) is 3.30. The van der Waals surface area contributed by atoms with Crippen molar-refractivity contribution in [3.8, 4) is 5.88 Å². The van der Waals surface area contributed by atoms with Crippen LogP contribution in [-0.4, -0.2) is 42.0 Å². The summed E-state index contributed by atoms with van der Waals surface area (Å²) in [5, 5.41) is 3.12. The van der Waals surface area contributed by atoms with Crippen LogP contribution < -0.4 is 15.8 Å². The number of hydrogen-bond acceptors (Lipinski definition) is 7. The molecule has 2 heterocycles. The fourth-order valence-electron chi connectivity index (χ4n) is 2.19. The maximum absolute atomic E-state index is 11.6. The largest absolute Gasteiger partial charge is 0.476 e. The lowest BCUT2D eigenvalue weighted by Crippen LogP contribution is -2.36. The number of nitrogens with two attached hydrogens (primary N) is 1. The zero-order valence-corrected chi connectivity index (χ0v) is 12.5. The smallest absolute Gasteiger partial charge is 0.242 e. The maximum atomic E-state index is 11.6. The Labute approximate surface area is 118 Å². The normalized spacial score (nSPS) is 24.5. The summed E-state index contributed by atoms with van der Waals surface area (Å²) < 4.78 is 28.6. The Kier molecular flexibility index (Phi) is 4.03. The lowest BCUT2D eigenvalue weighted by molar-refractivity contribution is 0.306. The number of sulfone groups is 1. The lowest BCUT2D eigenvalue weighted by atomic mass is 10.0. The topological polar surface area (TPSA) is 107 Å². The minimum Gasteiger partial charge on any atom is -0.476 e. The lowest BCUT2D eigenvalue weighted by Gasteiger charge is -2.25. The summed E-state index contributed by atoms with van der Waals surface area (Å²) in [6.07, 6.45) is 2.74. The number of rotatable bonds is 5. The zero-order chi connectivity index (χ0) is 14.8. The van der Waals surface area contributed by atoms with E-state index >= 15 is 0 Å². The van der Waals surface area contributed by atoms with Crippen molar-refractivity contribution < 1.29 is 13.2 Å². The molecule has 0 aliphatic carbocycles. The molecule has 1 aliphatic heterocycles. The van der Waals surface area contributed by atoms with Crippen LogP contribution in [-0.2, 0) is 9.84 Å². The minimum absolute atomic E-state index is 0.0780. The summed E-state index contributed by atoms with van der Waals surface area (Å²) in [5.41, 5.74) is 5.73. The molecule has 1 aromatic heterocycles. The predicted molar refractivity (Wildman–Crippen MR) is 77.5 cm³/mol. The first-order chi connectivity index (χ1) is 9.35. The summed E-state index contributed by atoms with van der Waals surface area (Å²) in [4.78, 5) is 8.07. The second-order valence-corrected chi connectivity index (χ2v) is 7.50. The van der Waals surface area contributed by atoms with Gasteiger partial charge in [0.05, 0.1) is 23.7 Å². The van der Waals surface area contributed by atoms with Gasteiger partial charge in [0.25, 0.3) is 0 Å². The van der Waals surface area contributed by atoms with Crippen molar-refractivity contribution in [2.75, 3.05) is 29.2 Å². The van der Waals surface area contributed by atoms with Gasteiger partial charge in [-0.25, -0.2) is 13.4 Å². The molecule has 8 heteroatoms. The number of ether oxygens (including phenoxy) is 1. The van der Waals surface area contributed by atoms with E-state index in [0.717, 1.165) is 6.42 Å². The highest BCUT2D eigenvalue weighted by atomic mass is 32.2. The molecule has 1 aromatic rings. The van der Waals surface area contributed by atoms with Gasteiger partial charge in [0.1, 0.15) is 12.0 Å². The summed E-state index contributed by atoms with van der Waals surface area (Å²) >= 11 is 0. The van der Waals surface area contributed by atoms with Crippen LogP contribution in [0, 0.1) is 0 Å². The molecule has 1 fully saturated rings. The van der Waals surface area contributed by atoms with E-state index in [9.17, 15) is 8.42 Å². The Morgan fingerprint density at radius 3 is 2.85 bits per heavy atom. The Balaban J connectivity index is 2.18. The Hall–Kier alpha value is -1.57. The average molecular weight is 300 g/mol. The van der Waals surface area contributed by atoms with Crippen molar-refractivity contribution in [1.82, 2.24) is 9.97 Å². The van der Waals surface area contributed by atoms with Gasteiger partial charge in [0, 0.05) is 0 Å². The first-order valence-corrected chi connectivity index (χ1v) is 8.39. The van der Waals surface area contributed by atoms with Crippen molar-refractivity contribution in [2.45, 2.75) is 32.2 Å². The van der Waals surface area contributed by atoms with E-state index in [-0.39, 0.29) is 11.5 Å². The molecule has 3 N–H and O–H groups in total. The molecule has 1 saturated heterocycles. The number of hydrogen-bond donors (Lipinski definition) is 2. The van der Waals surface area contributed by atoms with Gasteiger partial charge < -0.3 is 15.8 Å². The van der Waals surface area contributed by atoms with Crippen molar-refractivity contribution in [3.63, 3.8) is 0 Å². The van der Waals surface area contributed by atoms with Gasteiger partial charge in [-0.1, -0.05) is 6.92 Å². The minimum atomic E-state index is -2.99. The van der Waals surface area contributed by atoms with E-state index in [1.165, 1.54) is 6.33 Å².